The second-order valence-corrected chi connectivity index (χ2v) is 4.57. The van der Waals surface area contributed by atoms with Gasteiger partial charge in [0.15, 0.2) is 6.04 Å². The van der Waals surface area contributed by atoms with E-state index in [9.17, 15) is 18.0 Å². The fourth-order valence-corrected chi connectivity index (χ4v) is 2.12. The predicted molar refractivity (Wildman–Crippen MR) is 61.3 cm³/mol. The van der Waals surface area contributed by atoms with Crippen LogP contribution in [0.3, 0.4) is 0 Å². The minimum atomic E-state index is -4.58. The van der Waals surface area contributed by atoms with Crippen LogP contribution in [0.15, 0.2) is 30.3 Å². The topological polar surface area (TPSA) is 59.8 Å². The van der Waals surface area contributed by atoms with Gasteiger partial charge in [0.1, 0.15) is 11.6 Å². The van der Waals surface area contributed by atoms with Crippen molar-refractivity contribution in [1.29, 1.82) is 0 Å². The van der Waals surface area contributed by atoms with Gasteiger partial charge in [-0.1, -0.05) is 0 Å². The van der Waals surface area contributed by atoms with Crippen LogP contribution in [0, 0.1) is 0 Å². The second-order valence-electron chi connectivity index (χ2n) is 3.65. The molecular formula is C10H9F3N4OS. The smallest absolute Gasteiger partial charge is 0.337 e. The standard InChI is InChI=1S/C10H9F3N4OS/c11-10(12,13)8(9-15-2-4-19-9)16-7(18)5-17-3-1-14-6-17/h1-4,6,8H,5H2,(H,16,18). The van der Waals surface area contributed by atoms with Crippen molar-refractivity contribution in [3.05, 3.63) is 35.3 Å². The van der Waals surface area contributed by atoms with Gasteiger partial charge >= 0.3 is 6.18 Å². The largest absolute Gasteiger partial charge is 0.415 e. The highest BCUT2D eigenvalue weighted by molar-refractivity contribution is 7.09. The van der Waals surface area contributed by atoms with E-state index in [0.717, 1.165) is 11.3 Å². The Morgan fingerprint density at radius 3 is 2.79 bits per heavy atom. The summed E-state index contributed by atoms with van der Waals surface area (Å²) in [6.07, 6.45) is 0.968. The van der Waals surface area contributed by atoms with Crippen LogP contribution in [0.4, 0.5) is 13.2 Å². The fourth-order valence-electron chi connectivity index (χ4n) is 1.41. The molecule has 0 aromatic carbocycles. The first kappa shape index (κ1) is 13.5. The van der Waals surface area contributed by atoms with Gasteiger partial charge in [0, 0.05) is 24.0 Å². The molecular weight excluding hydrogens is 281 g/mol. The van der Waals surface area contributed by atoms with Crippen molar-refractivity contribution >= 4 is 17.2 Å². The number of hydrogen-bond acceptors (Lipinski definition) is 4. The third kappa shape index (κ3) is 3.53. The number of alkyl halides is 3. The number of halogens is 3. The molecule has 9 heteroatoms. The van der Waals surface area contributed by atoms with E-state index >= 15 is 0 Å². The van der Waals surface area contributed by atoms with Gasteiger partial charge in [-0.25, -0.2) is 9.97 Å². The maximum atomic E-state index is 12.9. The average Bonchev–Trinajstić information content (AvgIpc) is 2.96. The molecule has 2 heterocycles. The molecule has 1 N–H and O–H groups in total. The lowest BCUT2D eigenvalue weighted by molar-refractivity contribution is -0.163. The molecule has 0 fully saturated rings. The summed E-state index contributed by atoms with van der Waals surface area (Å²) in [5, 5.41) is 3.17. The van der Waals surface area contributed by atoms with Crippen molar-refractivity contribution in [3.63, 3.8) is 0 Å². The number of rotatable bonds is 4. The van der Waals surface area contributed by atoms with Crippen molar-refractivity contribution in [2.75, 3.05) is 0 Å². The second kappa shape index (κ2) is 5.39. The van der Waals surface area contributed by atoms with Gasteiger partial charge in [-0.05, 0) is 0 Å². The van der Waals surface area contributed by atoms with Gasteiger partial charge in [-0.15, -0.1) is 11.3 Å². The number of thiazole rings is 1. The monoisotopic (exact) mass is 290 g/mol. The van der Waals surface area contributed by atoms with Crippen molar-refractivity contribution in [2.45, 2.75) is 18.8 Å². The molecule has 2 aromatic heterocycles. The molecule has 0 radical (unpaired) electrons. The summed E-state index contributed by atoms with van der Waals surface area (Å²) < 4.78 is 39.9. The van der Waals surface area contributed by atoms with Crippen LogP contribution in [0.2, 0.25) is 0 Å². The molecule has 0 saturated heterocycles. The number of nitrogens with zero attached hydrogens (tertiary/aromatic N) is 3. The van der Waals surface area contributed by atoms with E-state index in [1.807, 2.05) is 5.32 Å². The van der Waals surface area contributed by atoms with Crippen LogP contribution in [0.25, 0.3) is 0 Å². The summed E-state index contributed by atoms with van der Waals surface area (Å²) in [6, 6.07) is -2.08. The Balaban J connectivity index is 2.07. The zero-order valence-electron chi connectivity index (χ0n) is 9.46. The first-order chi connectivity index (χ1) is 8.97. The first-order valence-corrected chi connectivity index (χ1v) is 6.06. The minimum absolute atomic E-state index is 0.188. The Kier molecular flexibility index (Phi) is 3.84. The fraction of sp³-hybridized carbons (Fsp3) is 0.300. The maximum absolute atomic E-state index is 12.9. The zero-order valence-corrected chi connectivity index (χ0v) is 10.3. The number of carbonyl (C=O) groups excluding carboxylic acids is 1. The van der Waals surface area contributed by atoms with E-state index in [-0.39, 0.29) is 11.6 Å². The van der Waals surface area contributed by atoms with Crippen molar-refractivity contribution in [2.24, 2.45) is 0 Å². The minimum Gasteiger partial charge on any atom is -0.337 e. The van der Waals surface area contributed by atoms with E-state index in [1.54, 1.807) is 0 Å². The summed E-state index contributed by atoms with van der Waals surface area (Å²) >= 11 is 0.843. The Bertz CT molecular complexity index is 523. The van der Waals surface area contributed by atoms with Gasteiger partial charge in [0.2, 0.25) is 5.91 Å². The van der Waals surface area contributed by atoms with E-state index in [0.29, 0.717) is 0 Å². The summed E-state index contributed by atoms with van der Waals surface area (Å²) in [4.78, 5) is 18.9. The Hall–Kier alpha value is -1.90. The summed E-state index contributed by atoms with van der Waals surface area (Å²) in [5.74, 6) is -0.754. The quantitative estimate of drug-likeness (QED) is 0.933. The molecule has 5 nitrogen and oxygen atoms in total. The molecule has 19 heavy (non-hydrogen) atoms. The van der Waals surface area contributed by atoms with Gasteiger partial charge in [0.25, 0.3) is 0 Å². The third-order valence-electron chi connectivity index (χ3n) is 2.22. The van der Waals surface area contributed by atoms with Crippen LogP contribution < -0.4 is 5.32 Å². The van der Waals surface area contributed by atoms with Crippen molar-refractivity contribution in [3.8, 4) is 0 Å². The Morgan fingerprint density at radius 1 is 1.47 bits per heavy atom. The van der Waals surface area contributed by atoms with E-state index in [4.69, 9.17) is 0 Å². The molecule has 1 unspecified atom stereocenters. The molecule has 102 valence electrons. The average molecular weight is 290 g/mol. The Labute approximate surface area is 110 Å². The number of amides is 1. The molecule has 0 spiro atoms. The highest BCUT2D eigenvalue weighted by atomic mass is 32.1. The number of hydrogen-bond donors (Lipinski definition) is 1. The Morgan fingerprint density at radius 2 is 2.26 bits per heavy atom. The SMILES string of the molecule is O=C(Cn1ccnc1)NC(c1nccs1)C(F)(F)F. The lowest BCUT2D eigenvalue weighted by Crippen LogP contribution is -2.39. The summed E-state index contributed by atoms with van der Waals surface area (Å²) in [7, 11) is 0. The lowest BCUT2D eigenvalue weighted by atomic mass is 10.3. The number of carbonyl (C=O) groups is 1. The van der Waals surface area contributed by atoms with E-state index in [2.05, 4.69) is 9.97 Å². The predicted octanol–water partition coefficient (Wildman–Crippen LogP) is 1.76. The van der Waals surface area contributed by atoms with E-state index < -0.39 is 18.1 Å². The lowest BCUT2D eigenvalue weighted by Gasteiger charge is -2.19. The van der Waals surface area contributed by atoms with Gasteiger partial charge in [-0.2, -0.15) is 13.2 Å². The molecule has 1 atom stereocenters. The van der Waals surface area contributed by atoms with E-state index in [1.165, 1.54) is 34.9 Å². The van der Waals surface area contributed by atoms with Gasteiger partial charge in [0.05, 0.1) is 6.33 Å². The van der Waals surface area contributed by atoms with Crippen LogP contribution in [-0.2, 0) is 11.3 Å². The first-order valence-electron chi connectivity index (χ1n) is 5.18. The van der Waals surface area contributed by atoms with Crippen LogP contribution in [0.1, 0.15) is 11.0 Å². The van der Waals surface area contributed by atoms with Gasteiger partial charge < -0.3 is 9.88 Å². The maximum Gasteiger partial charge on any atom is 0.415 e. The number of nitrogens with one attached hydrogen (secondary N) is 1. The molecule has 1 amide bonds. The third-order valence-corrected chi connectivity index (χ3v) is 3.06. The van der Waals surface area contributed by atoms with Crippen LogP contribution >= 0.6 is 11.3 Å². The molecule has 2 rings (SSSR count). The summed E-state index contributed by atoms with van der Waals surface area (Å²) in [5.41, 5.74) is 0. The molecule has 0 bridgehead atoms. The zero-order chi connectivity index (χ0) is 13.9. The van der Waals surface area contributed by atoms with Crippen molar-refractivity contribution in [1.82, 2.24) is 19.9 Å². The van der Waals surface area contributed by atoms with Gasteiger partial charge in [-0.3, -0.25) is 4.79 Å². The number of imidazole rings is 1. The highest BCUT2D eigenvalue weighted by Gasteiger charge is 2.43. The molecule has 2 aromatic rings. The molecule has 0 aliphatic heterocycles. The normalized spacial score (nSPS) is 13.2. The summed E-state index contributed by atoms with van der Waals surface area (Å²) in [6.45, 7) is -0.224. The number of aromatic nitrogens is 3. The van der Waals surface area contributed by atoms with Crippen LogP contribution in [0.5, 0.6) is 0 Å². The molecule has 0 aliphatic carbocycles. The molecule has 0 saturated carbocycles. The van der Waals surface area contributed by atoms with Crippen molar-refractivity contribution < 1.29 is 18.0 Å². The highest BCUT2D eigenvalue weighted by Crippen LogP contribution is 2.33. The van der Waals surface area contributed by atoms with Crippen LogP contribution in [-0.4, -0.2) is 26.6 Å². The molecule has 0 aliphatic rings.